The molecule has 0 saturated carbocycles. The van der Waals surface area contributed by atoms with Gasteiger partial charge in [-0.3, -0.25) is 4.79 Å². The number of amides is 1. The van der Waals surface area contributed by atoms with Crippen molar-refractivity contribution in [1.29, 1.82) is 0 Å². The molecule has 2 N–H and O–H groups in total. The molecule has 6 heteroatoms. The fraction of sp³-hybridized carbons (Fsp3) is 0.222. The van der Waals surface area contributed by atoms with Crippen LogP contribution in [0, 0.1) is 12.7 Å². The minimum Gasteiger partial charge on any atom is -0.481 e. The van der Waals surface area contributed by atoms with Gasteiger partial charge in [-0.2, -0.15) is 0 Å². The third-order valence-corrected chi connectivity index (χ3v) is 3.47. The van der Waals surface area contributed by atoms with Crippen LogP contribution in [-0.4, -0.2) is 17.2 Å². The highest BCUT2D eigenvalue weighted by Crippen LogP contribution is 2.20. The number of carboxylic acid groups (broad SMARTS) is 1. The first-order chi connectivity index (χ1) is 11.5. The maximum absolute atomic E-state index is 13.4. The van der Waals surface area contributed by atoms with Gasteiger partial charge in [0.1, 0.15) is 12.4 Å². The highest BCUT2D eigenvalue weighted by atomic mass is 19.1. The molecule has 0 bridgehead atoms. The van der Waals surface area contributed by atoms with Gasteiger partial charge >= 0.3 is 12.1 Å². The van der Waals surface area contributed by atoms with Gasteiger partial charge in [-0.05, 0) is 29.7 Å². The van der Waals surface area contributed by atoms with Crippen molar-refractivity contribution < 1.29 is 23.8 Å². The number of hydrogen-bond donors (Lipinski definition) is 2. The minimum atomic E-state index is -1.08. The molecule has 0 saturated heterocycles. The summed E-state index contributed by atoms with van der Waals surface area (Å²) in [5.74, 6) is -1.47. The number of carboxylic acids is 1. The van der Waals surface area contributed by atoms with Crippen LogP contribution in [0.5, 0.6) is 0 Å². The molecule has 0 unspecified atom stereocenters. The number of alkyl carbamates (subject to hydrolysis) is 1. The predicted octanol–water partition coefficient (Wildman–Crippen LogP) is 3.58. The lowest BCUT2D eigenvalue weighted by molar-refractivity contribution is -0.137. The Morgan fingerprint density at radius 1 is 1.21 bits per heavy atom. The molecule has 126 valence electrons. The van der Waals surface area contributed by atoms with Crippen LogP contribution in [0.4, 0.5) is 9.18 Å². The molecule has 2 rings (SSSR count). The Bertz CT molecular complexity index is 718. The maximum Gasteiger partial charge on any atom is 0.407 e. The van der Waals surface area contributed by atoms with Gasteiger partial charge in [-0.15, -0.1) is 0 Å². The molecule has 0 aliphatic carbocycles. The number of nitrogens with one attached hydrogen (secondary N) is 1. The number of aliphatic carboxylic acids is 1. The second kappa shape index (κ2) is 8.10. The number of aryl methyl sites for hydroxylation is 1. The van der Waals surface area contributed by atoms with Crippen LogP contribution < -0.4 is 5.32 Å². The number of ether oxygens (including phenoxy) is 1. The summed E-state index contributed by atoms with van der Waals surface area (Å²) >= 11 is 0. The monoisotopic (exact) mass is 331 g/mol. The fourth-order valence-corrected chi connectivity index (χ4v) is 2.22. The molecule has 0 aromatic heterocycles. The Morgan fingerprint density at radius 3 is 2.54 bits per heavy atom. The second-order valence-electron chi connectivity index (χ2n) is 5.37. The van der Waals surface area contributed by atoms with Gasteiger partial charge < -0.3 is 15.2 Å². The van der Waals surface area contributed by atoms with E-state index in [9.17, 15) is 14.0 Å². The molecular weight excluding hydrogens is 313 g/mol. The smallest absolute Gasteiger partial charge is 0.407 e. The van der Waals surface area contributed by atoms with Gasteiger partial charge in [0, 0.05) is 0 Å². The maximum atomic E-state index is 13.4. The molecule has 24 heavy (non-hydrogen) atoms. The molecule has 0 aliphatic heterocycles. The lowest BCUT2D eigenvalue weighted by atomic mass is 10.0. The first-order valence-electron chi connectivity index (χ1n) is 7.41. The van der Waals surface area contributed by atoms with E-state index < -0.39 is 18.1 Å². The zero-order valence-corrected chi connectivity index (χ0v) is 13.2. The van der Waals surface area contributed by atoms with Crippen LogP contribution in [-0.2, 0) is 16.1 Å². The van der Waals surface area contributed by atoms with Gasteiger partial charge in [0.2, 0.25) is 0 Å². The summed E-state index contributed by atoms with van der Waals surface area (Å²) in [7, 11) is 0. The number of benzene rings is 2. The quantitative estimate of drug-likeness (QED) is 0.848. The van der Waals surface area contributed by atoms with Crippen molar-refractivity contribution in [3.05, 3.63) is 71.0 Å². The van der Waals surface area contributed by atoms with E-state index in [0.717, 1.165) is 5.56 Å². The Kier molecular flexibility index (Phi) is 5.89. The number of hydrogen-bond acceptors (Lipinski definition) is 3. The molecule has 5 nitrogen and oxygen atoms in total. The highest BCUT2D eigenvalue weighted by molar-refractivity contribution is 5.72. The average molecular weight is 331 g/mol. The van der Waals surface area contributed by atoms with Gasteiger partial charge in [-0.1, -0.05) is 42.5 Å². The van der Waals surface area contributed by atoms with E-state index in [2.05, 4.69) is 5.32 Å². The molecule has 0 fully saturated rings. The van der Waals surface area contributed by atoms with E-state index in [1.807, 2.05) is 30.3 Å². The molecule has 1 atom stereocenters. The predicted molar refractivity (Wildman–Crippen MR) is 85.9 cm³/mol. The van der Waals surface area contributed by atoms with Crippen molar-refractivity contribution in [1.82, 2.24) is 5.32 Å². The summed E-state index contributed by atoms with van der Waals surface area (Å²) in [6, 6.07) is 12.5. The molecule has 0 heterocycles. The lowest BCUT2D eigenvalue weighted by Gasteiger charge is -2.18. The van der Waals surface area contributed by atoms with Crippen LogP contribution in [0.25, 0.3) is 0 Å². The zero-order chi connectivity index (χ0) is 17.5. The summed E-state index contributed by atoms with van der Waals surface area (Å²) in [5, 5.41) is 11.5. The van der Waals surface area contributed by atoms with Crippen molar-refractivity contribution >= 4 is 12.1 Å². The van der Waals surface area contributed by atoms with Gasteiger partial charge in [-0.25, -0.2) is 9.18 Å². The summed E-state index contributed by atoms with van der Waals surface area (Å²) in [6.07, 6.45) is -1.06. The number of carbonyl (C=O) groups excluding carboxylic acids is 1. The molecule has 2 aromatic rings. The summed E-state index contributed by atoms with van der Waals surface area (Å²) in [4.78, 5) is 23.0. The second-order valence-corrected chi connectivity index (χ2v) is 5.37. The van der Waals surface area contributed by atoms with Crippen LogP contribution in [0.3, 0.4) is 0 Å². The van der Waals surface area contributed by atoms with Crippen molar-refractivity contribution in [2.45, 2.75) is 26.0 Å². The zero-order valence-electron chi connectivity index (χ0n) is 13.2. The Hall–Kier alpha value is -2.89. The number of rotatable bonds is 6. The Balaban J connectivity index is 2.03. The highest BCUT2D eigenvalue weighted by Gasteiger charge is 2.19. The molecule has 0 aliphatic rings. The van der Waals surface area contributed by atoms with E-state index in [1.165, 1.54) is 18.2 Å². The number of halogens is 1. The standard InChI is InChI=1S/C18H18FNO4/c1-12-9-14(7-8-15(12)19)16(10-17(21)22)20-18(23)24-11-13-5-3-2-4-6-13/h2-9,16H,10-11H2,1H3,(H,20,23)(H,21,22)/t16-/m1/s1. The van der Waals surface area contributed by atoms with Crippen LogP contribution in [0.2, 0.25) is 0 Å². The Labute approximate surface area is 139 Å². The topological polar surface area (TPSA) is 75.6 Å². The minimum absolute atomic E-state index is 0.0783. The van der Waals surface area contributed by atoms with E-state index in [-0.39, 0.29) is 18.8 Å². The van der Waals surface area contributed by atoms with Gasteiger partial charge in [0.05, 0.1) is 12.5 Å². The average Bonchev–Trinajstić information content (AvgIpc) is 2.55. The van der Waals surface area contributed by atoms with E-state index >= 15 is 0 Å². The SMILES string of the molecule is Cc1cc([C@@H](CC(=O)O)NC(=O)OCc2ccccc2)ccc1F. The van der Waals surface area contributed by atoms with Crippen molar-refractivity contribution in [2.24, 2.45) is 0 Å². The molecular formula is C18H18FNO4. The van der Waals surface area contributed by atoms with Crippen LogP contribution in [0.15, 0.2) is 48.5 Å². The van der Waals surface area contributed by atoms with Gasteiger partial charge in [0.15, 0.2) is 0 Å². The molecule has 0 spiro atoms. The first kappa shape index (κ1) is 17.5. The molecule has 2 aromatic carbocycles. The van der Waals surface area contributed by atoms with Crippen LogP contribution in [0.1, 0.15) is 29.2 Å². The van der Waals surface area contributed by atoms with Crippen molar-refractivity contribution in [3.63, 3.8) is 0 Å². The third kappa shape index (κ3) is 5.08. The lowest BCUT2D eigenvalue weighted by Crippen LogP contribution is -2.30. The van der Waals surface area contributed by atoms with Crippen LogP contribution >= 0.6 is 0 Å². The molecule has 1 amide bonds. The Morgan fingerprint density at radius 2 is 1.92 bits per heavy atom. The van der Waals surface area contributed by atoms with Gasteiger partial charge in [0.25, 0.3) is 0 Å². The molecule has 0 radical (unpaired) electrons. The van der Waals surface area contributed by atoms with E-state index in [4.69, 9.17) is 9.84 Å². The van der Waals surface area contributed by atoms with E-state index in [1.54, 1.807) is 6.92 Å². The fourth-order valence-electron chi connectivity index (χ4n) is 2.22. The summed E-state index contributed by atoms with van der Waals surface area (Å²) < 4.78 is 18.5. The number of carbonyl (C=O) groups is 2. The summed E-state index contributed by atoms with van der Waals surface area (Å²) in [5.41, 5.74) is 1.70. The van der Waals surface area contributed by atoms with E-state index in [0.29, 0.717) is 11.1 Å². The first-order valence-corrected chi connectivity index (χ1v) is 7.41. The van der Waals surface area contributed by atoms with Crippen molar-refractivity contribution in [2.75, 3.05) is 0 Å². The normalized spacial score (nSPS) is 11.6. The largest absolute Gasteiger partial charge is 0.481 e. The summed E-state index contributed by atoms with van der Waals surface area (Å²) in [6.45, 7) is 1.65. The van der Waals surface area contributed by atoms with Crippen molar-refractivity contribution in [3.8, 4) is 0 Å². The third-order valence-electron chi connectivity index (χ3n) is 3.47.